The van der Waals surface area contributed by atoms with Crippen LogP contribution in [-0.4, -0.2) is 71.8 Å². The van der Waals surface area contributed by atoms with Gasteiger partial charge in [-0.25, -0.2) is 4.79 Å². The summed E-state index contributed by atoms with van der Waals surface area (Å²) in [5.74, 6) is 0.715. The van der Waals surface area contributed by atoms with Gasteiger partial charge < -0.3 is 30.3 Å². The lowest BCUT2D eigenvalue weighted by atomic mass is 9.95. The molecule has 0 saturated carbocycles. The highest BCUT2D eigenvalue weighted by Gasteiger charge is 2.24. The van der Waals surface area contributed by atoms with Gasteiger partial charge in [-0.3, -0.25) is 0 Å². The van der Waals surface area contributed by atoms with E-state index in [1.165, 1.54) is 19.3 Å². The third kappa shape index (κ3) is 13.9. The van der Waals surface area contributed by atoms with Crippen LogP contribution in [0.5, 0.6) is 0 Å². The molecular formula is C27H52N2O5. The molecule has 4 unspecified atom stereocenters. The highest BCUT2D eigenvalue weighted by molar-refractivity contribution is 5.67. The van der Waals surface area contributed by atoms with Gasteiger partial charge in [0, 0.05) is 20.2 Å². The van der Waals surface area contributed by atoms with Crippen LogP contribution in [0.15, 0.2) is 30.3 Å². The zero-order valence-corrected chi connectivity index (χ0v) is 20.1. The minimum absolute atomic E-state index is 0. The minimum Gasteiger partial charge on any atom is -0.445 e. The lowest BCUT2D eigenvalue weighted by molar-refractivity contribution is 0.0391. The Labute approximate surface area is 208 Å². The topological polar surface area (TPSA) is 102 Å². The molecule has 3 rings (SSSR count). The maximum Gasteiger partial charge on any atom is 0.410 e. The van der Waals surface area contributed by atoms with Crippen LogP contribution in [0.3, 0.4) is 0 Å². The summed E-state index contributed by atoms with van der Waals surface area (Å²) in [4.78, 5) is 13.7. The van der Waals surface area contributed by atoms with Gasteiger partial charge in [0.15, 0.2) is 0 Å². The first-order chi connectivity index (χ1) is 15.5. The Morgan fingerprint density at radius 3 is 2.21 bits per heavy atom. The highest BCUT2D eigenvalue weighted by atomic mass is 16.6. The van der Waals surface area contributed by atoms with E-state index in [2.05, 4.69) is 12.2 Å². The monoisotopic (exact) mass is 484 g/mol. The van der Waals surface area contributed by atoms with Crippen LogP contribution in [-0.2, 0) is 11.3 Å². The van der Waals surface area contributed by atoms with Crippen molar-refractivity contribution in [2.75, 3.05) is 33.3 Å². The van der Waals surface area contributed by atoms with Crippen molar-refractivity contribution in [3.63, 3.8) is 0 Å². The summed E-state index contributed by atoms with van der Waals surface area (Å²) >= 11 is 0. The molecule has 2 aliphatic heterocycles. The van der Waals surface area contributed by atoms with E-state index in [4.69, 9.17) is 9.84 Å². The molecule has 7 heteroatoms. The van der Waals surface area contributed by atoms with Crippen molar-refractivity contribution in [3.8, 4) is 0 Å². The van der Waals surface area contributed by atoms with Gasteiger partial charge in [0.2, 0.25) is 0 Å². The summed E-state index contributed by atoms with van der Waals surface area (Å²) in [5.41, 5.74) is 0.974. The molecule has 2 saturated heterocycles. The summed E-state index contributed by atoms with van der Waals surface area (Å²) < 4.78 is 5.32. The van der Waals surface area contributed by atoms with Gasteiger partial charge in [0.1, 0.15) is 6.61 Å². The first kappa shape index (κ1) is 34.5. The fourth-order valence-electron chi connectivity index (χ4n) is 3.79. The number of β-amino-alcohol motifs (C(OH)–C–C–N with tert-alkyl or cyclic N) is 2. The lowest BCUT2D eigenvalue weighted by Crippen LogP contribution is -2.42. The molecule has 34 heavy (non-hydrogen) atoms. The van der Waals surface area contributed by atoms with Gasteiger partial charge in [-0.2, -0.15) is 0 Å². The summed E-state index contributed by atoms with van der Waals surface area (Å²) in [5, 5.41) is 29.7. The van der Waals surface area contributed by atoms with Crippen LogP contribution in [0, 0.1) is 11.8 Å². The van der Waals surface area contributed by atoms with E-state index in [-0.39, 0.29) is 39.6 Å². The molecule has 7 nitrogen and oxygen atoms in total. The van der Waals surface area contributed by atoms with Gasteiger partial charge in [-0.1, -0.05) is 71.9 Å². The molecule has 2 fully saturated rings. The number of nitrogens with zero attached hydrogens (tertiary/aromatic N) is 1. The lowest BCUT2D eigenvalue weighted by Gasteiger charge is -2.30. The SMILES string of the molecule is C.C.CC1CCCCN(C(=O)OCc2ccccc2)CC1O.CC1CCCCNCC1O.CO. The fourth-order valence-corrected chi connectivity index (χ4v) is 3.79. The molecule has 0 radical (unpaired) electrons. The third-order valence-corrected chi connectivity index (χ3v) is 6.14. The van der Waals surface area contributed by atoms with Crippen LogP contribution in [0.4, 0.5) is 4.79 Å². The average molecular weight is 485 g/mol. The third-order valence-electron chi connectivity index (χ3n) is 6.14. The van der Waals surface area contributed by atoms with Crippen LogP contribution in [0.25, 0.3) is 0 Å². The van der Waals surface area contributed by atoms with E-state index < -0.39 is 6.10 Å². The summed E-state index contributed by atoms with van der Waals surface area (Å²) in [7, 11) is 1.00. The number of hydrogen-bond donors (Lipinski definition) is 4. The van der Waals surface area contributed by atoms with E-state index in [0.717, 1.165) is 45.0 Å². The summed E-state index contributed by atoms with van der Waals surface area (Å²) in [6, 6.07) is 9.63. The van der Waals surface area contributed by atoms with Crippen molar-refractivity contribution < 1.29 is 24.9 Å². The number of hydrogen-bond acceptors (Lipinski definition) is 6. The molecule has 2 heterocycles. The number of carbonyl (C=O) groups is 1. The highest BCUT2D eigenvalue weighted by Crippen LogP contribution is 2.18. The molecule has 1 aromatic carbocycles. The van der Waals surface area contributed by atoms with Gasteiger partial charge in [-0.15, -0.1) is 0 Å². The van der Waals surface area contributed by atoms with E-state index in [1.54, 1.807) is 4.90 Å². The van der Waals surface area contributed by atoms with Crippen molar-refractivity contribution >= 4 is 6.09 Å². The molecule has 0 aromatic heterocycles. The normalized spacial score (nSPS) is 24.9. The molecule has 4 atom stereocenters. The predicted octanol–water partition coefficient (Wildman–Crippen LogP) is 4.44. The second-order valence-electron chi connectivity index (χ2n) is 8.77. The number of rotatable bonds is 2. The Balaban J connectivity index is 0. The van der Waals surface area contributed by atoms with Gasteiger partial charge in [0.25, 0.3) is 0 Å². The smallest absolute Gasteiger partial charge is 0.410 e. The standard InChI is InChI=1S/C16H23NO3.C8H17NO.CH4O.2CH4/c1-13-7-5-6-10-17(11-15(13)18)16(19)20-12-14-8-3-2-4-9-14;1-7-4-2-3-5-9-6-8(7)10;1-2;;/h2-4,8-9,13,15,18H,5-7,10-12H2,1H3;7-10H,2-6H2,1H3;2H,1H3;2*1H4. The molecule has 2 aliphatic rings. The quantitative estimate of drug-likeness (QED) is 0.495. The Morgan fingerprint density at radius 2 is 1.56 bits per heavy atom. The van der Waals surface area contributed by atoms with Crippen molar-refractivity contribution in [1.82, 2.24) is 10.2 Å². The first-order valence-electron chi connectivity index (χ1n) is 11.9. The molecule has 0 spiro atoms. The van der Waals surface area contributed by atoms with E-state index >= 15 is 0 Å². The predicted molar refractivity (Wildman–Crippen MR) is 141 cm³/mol. The van der Waals surface area contributed by atoms with Crippen molar-refractivity contribution in [2.24, 2.45) is 11.8 Å². The van der Waals surface area contributed by atoms with E-state index in [1.807, 2.05) is 37.3 Å². The van der Waals surface area contributed by atoms with E-state index in [0.29, 0.717) is 19.0 Å². The maximum absolute atomic E-state index is 12.1. The number of nitrogens with one attached hydrogen (secondary N) is 1. The Morgan fingerprint density at radius 1 is 0.971 bits per heavy atom. The number of aliphatic hydroxyl groups is 3. The molecule has 0 bridgehead atoms. The van der Waals surface area contributed by atoms with Crippen LogP contribution in [0.2, 0.25) is 0 Å². The zero-order chi connectivity index (χ0) is 23.8. The Bertz CT molecular complexity index is 590. The fraction of sp³-hybridized carbons (Fsp3) is 0.741. The number of aliphatic hydroxyl groups excluding tert-OH is 3. The van der Waals surface area contributed by atoms with Gasteiger partial charge in [0.05, 0.1) is 18.8 Å². The number of carbonyl (C=O) groups excluding carboxylic acids is 1. The van der Waals surface area contributed by atoms with Crippen LogP contribution >= 0.6 is 0 Å². The molecule has 4 N–H and O–H groups in total. The first-order valence-corrected chi connectivity index (χ1v) is 11.9. The van der Waals surface area contributed by atoms with Crippen molar-refractivity contribution in [1.29, 1.82) is 0 Å². The number of likely N-dealkylation sites (tertiary alicyclic amines) is 1. The van der Waals surface area contributed by atoms with Crippen LogP contribution in [0.1, 0.15) is 72.8 Å². The number of amides is 1. The van der Waals surface area contributed by atoms with Gasteiger partial charge in [-0.05, 0) is 49.6 Å². The number of benzene rings is 1. The summed E-state index contributed by atoms with van der Waals surface area (Å²) in [6.45, 7) is 7.32. The second-order valence-corrected chi connectivity index (χ2v) is 8.77. The largest absolute Gasteiger partial charge is 0.445 e. The second kappa shape index (κ2) is 20.7. The minimum atomic E-state index is -0.459. The number of ether oxygens (including phenoxy) is 1. The van der Waals surface area contributed by atoms with Crippen molar-refractivity contribution in [2.45, 2.75) is 86.0 Å². The average Bonchev–Trinajstić information content (AvgIpc) is 2.81. The van der Waals surface area contributed by atoms with Gasteiger partial charge >= 0.3 is 6.09 Å². The molecule has 1 aromatic rings. The van der Waals surface area contributed by atoms with Crippen molar-refractivity contribution in [3.05, 3.63) is 35.9 Å². The molecular weight excluding hydrogens is 432 g/mol. The van der Waals surface area contributed by atoms with Crippen LogP contribution < -0.4 is 5.32 Å². The Kier molecular flexibility index (Phi) is 21.0. The molecule has 1 amide bonds. The molecule has 0 aliphatic carbocycles. The Hall–Kier alpha value is -1.67. The molecule has 200 valence electrons. The zero-order valence-electron chi connectivity index (χ0n) is 20.1. The summed E-state index contributed by atoms with van der Waals surface area (Å²) in [6.07, 6.45) is 5.82. The van der Waals surface area contributed by atoms with E-state index in [9.17, 15) is 15.0 Å². The maximum atomic E-state index is 12.1.